The molecule has 1 aromatic heterocycles. The van der Waals surface area contributed by atoms with Crippen LogP contribution in [-0.4, -0.2) is 82.4 Å². The lowest BCUT2D eigenvalue weighted by Crippen LogP contribution is -2.48. The van der Waals surface area contributed by atoms with E-state index in [-0.39, 0.29) is 11.7 Å². The van der Waals surface area contributed by atoms with E-state index in [4.69, 9.17) is 4.74 Å². The number of pyridine rings is 1. The molecule has 0 aromatic carbocycles. The van der Waals surface area contributed by atoms with Crippen molar-refractivity contribution in [2.24, 2.45) is 0 Å². The van der Waals surface area contributed by atoms with Crippen LogP contribution >= 0.6 is 0 Å². The van der Waals surface area contributed by atoms with Crippen LogP contribution in [0.25, 0.3) is 0 Å². The highest BCUT2D eigenvalue weighted by Crippen LogP contribution is 2.25. The fourth-order valence-electron chi connectivity index (χ4n) is 3.44. The fraction of sp³-hybridized carbons (Fsp3) is 0.647. The summed E-state index contributed by atoms with van der Waals surface area (Å²) in [5.41, 5.74) is -0.377. The number of morpholine rings is 1. The lowest BCUT2D eigenvalue weighted by molar-refractivity contribution is -0.0389. The highest BCUT2D eigenvalue weighted by Gasteiger charge is 2.34. The summed E-state index contributed by atoms with van der Waals surface area (Å²) in [6.45, 7) is 4.87. The molecule has 2 saturated heterocycles. The van der Waals surface area contributed by atoms with Gasteiger partial charge in [0.15, 0.2) is 0 Å². The molecular formula is C17H25N3O4. The smallest absolute Gasteiger partial charge is 0.255 e. The Morgan fingerprint density at radius 1 is 1.21 bits per heavy atom. The first-order chi connectivity index (χ1) is 11.6. The molecule has 7 heteroatoms. The van der Waals surface area contributed by atoms with Gasteiger partial charge < -0.3 is 19.8 Å². The van der Waals surface area contributed by atoms with Gasteiger partial charge in [-0.15, -0.1) is 0 Å². The Morgan fingerprint density at radius 2 is 2.00 bits per heavy atom. The van der Waals surface area contributed by atoms with Crippen LogP contribution in [0.4, 0.5) is 0 Å². The molecule has 3 heterocycles. The van der Waals surface area contributed by atoms with E-state index in [1.807, 2.05) is 0 Å². The van der Waals surface area contributed by atoms with Crippen molar-refractivity contribution in [3.63, 3.8) is 0 Å². The number of ether oxygens (including phenoxy) is 1. The average molecular weight is 335 g/mol. The first kappa shape index (κ1) is 17.1. The minimum atomic E-state index is -0.760. The summed E-state index contributed by atoms with van der Waals surface area (Å²) in [5.74, 6) is -0.159. The number of hydrogen-bond acceptors (Lipinski definition) is 6. The Labute approximate surface area is 141 Å². The zero-order chi connectivity index (χ0) is 17.0. The number of rotatable bonds is 3. The van der Waals surface area contributed by atoms with Gasteiger partial charge in [-0.2, -0.15) is 0 Å². The van der Waals surface area contributed by atoms with Gasteiger partial charge in [0.05, 0.1) is 30.6 Å². The van der Waals surface area contributed by atoms with E-state index >= 15 is 0 Å². The number of nitrogens with zero attached hydrogens (tertiary/aromatic N) is 3. The molecule has 7 nitrogen and oxygen atoms in total. The molecule has 0 saturated carbocycles. The van der Waals surface area contributed by atoms with Crippen molar-refractivity contribution in [1.82, 2.24) is 14.8 Å². The Hall–Kier alpha value is -1.70. The molecule has 2 fully saturated rings. The lowest BCUT2D eigenvalue weighted by Gasteiger charge is -2.35. The predicted molar refractivity (Wildman–Crippen MR) is 87.9 cm³/mol. The van der Waals surface area contributed by atoms with Crippen LogP contribution in [0.2, 0.25) is 0 Å². The summed E-state index contributed by atoms with van der Waals surface area (Å²) in [7, 11) is 0. The number of β-amino-alcohol motifs (C(OH)–C–C–N with tert-alkyl or cyclic N) is 1. The van der Waals surface area contributed by atoms with Crippen LogP contribution in [-0.2, 0) is 4.74 Å². The van der Waals surface area contributed by atoms with Gasteiger partial charge in [0.25, 0.3) is 5.91 Å². The van der Waals surface area contributed by atoms with Crippen molar-refractivity contribution in [3.8, 4) is 5.75 Å². The molecule has 0 unspecified atom stereocenters. The van der Waals surface area contributed by atoms with Crippen LogP contribution in [0.3, 0.4) is 0 Å². The molecule has 2 aliphatic rings. The van der Waals surface area contributed by atoms with Crippen molar-refractivity contribution in [2.75, 3.05) is 45.9 Å². The maximum atomic E-state index is 12.6. The maximum Gasteiger partial charge on any atom is 0.255 e. The maximum absolute atomic E-state index is 12.6. The highest BCUT2D eigenvalue weighted by atomic mass is 16.5. The zero-order valence-electron chi connectivity index (χ0n) is 13.9. The van der Waals surface area contributed by atoms with E-state index < -0.39 is 5.60 Å². The zero-order valence-corrected chi connectivity index (χ0v) is 13.9. The van der Waals surface area contributed by atoms with E-state index in [2.05, 4.69) is 9.88 Å². The molecule has 0 radical (unpaired) electrons. The van der Waals surface area contributed by atoms with Gasteiger partial charge in [-0.1, -0.05) is 0 Å². The van der Waals surface area contributed by atoms with Crippen LogP contribution in [0.1, 0.15) is 29.6 Å². The second-order valence-electron chi connectivity index (χ2n) is 6.69. The van der Waals surface area contributed by atoms with Gasteiger partial charge >= 0.3 is 0 Å². The third-order valence-corrected chi connectivity index (χ3v) is 4.80. The summed E-state index contributed by atoms with van der Waals surface area (Å²) < 4.78 is 5.35. The Bertz CT molecular complexity index is 577. The number of aliphatic hydroxyl groups is 1. The van der Waals surface area contributed by atoms with Gasteiger partial charge in [0.1, 0.15) is 5.75 Å². The second-order valence-corrected chi connectivity index (χ2v) is 6.69. The minimum absolute atomic E-state index is 0.0144. The molecule has 132 valence electrons. The van der Waals surface area contributed by atoms with E-state index in [1.54, 1.807) is 4.90 Å². The number of aromatic hydroxyl groups is 1. The molecule has 24 heavy (non-hydrogen) atoms. The number of carbonyl (C=O) groups is 1. The molecule has 0 bridgehead atoms. The molecule has 2 aliphatic heterocycles. The molecule has 3 rings (SSSR count). The van der Waals surface area contributed by atoms with E-state index in [0.717, 1.165) is 19.5 Å². The molecule has 1 aromatic rings. The Morgan fingerprint density at radius 3 is 2.75 bits per heavy atom. The van der Waals surface area contributed by atoms with Gasteiger partial charge in [-0.05, 0) is 25.3 Å². The van der Waals surface area contributed by atoms with Crippen LogP contribution in [0, 0.1) is 0 Å². The second kappa shape index (κ2) is 7.46. The Kier molecular flexibility index (Phi) is 5.33. The first-order valence-electron chi connectivity index (χ1n) is 8.52. The summed E-state index contributed by atoms with van der Waals surface area (Å²) >= 11 is 0. The number of aromatic nitrogens is 1. The molecule has 0 spiro atoms. The number of hydrogen-bond donors (Lipinski definition) is 2. The van der Waals surface area contributed by atoms with Crippen LogP contribution in [0.5, 0.6) is 5.75 Å². The normalized spacial score (nSPS) is 26.1. The Balaban J connectivity index is 1.60. The number of carbonyl (C=O) groups excluding carboxylic acids is 1. The van der Waals surface area contributed by atoms with Crippen molar-refractivity contribution < 1.29 is 19.7 Å². The topological polar surface area (TPSA) is 86.1 Å². The minimum Gasteiger partial charge on any atom is -0.506 e. The number of likely N-dealkylation sites (tertiary alicyclic amines) is 1. The van der Waals surface area contributed by atoms with Crippen molar-refractivity contribution in [3.05, 3.63) is 24.0 Å². The summed E-state index contributed by atoms with van der Waals surface area (Å²) in [4.78, 5) is 20.4. The summed E-state index contributed by atoms with van der Waals surface area (Å²) in [6, 6.07) is 1.43. The number of amides is 1. The molecular weight excluding hydrogens is 310 g/mol. The highest BCUT2D eigenvalue weighted by molar-refractivity contribution is 5.94. The van der Waals surface area contributed by atoms with Gasteiger partial charge in [0.2, 0.25) is 0 Å². The molecule has 2 N–H and O–H groups in total. The van der Waals surface area contributed by atoms with Crippen molar-refractivity contribution >= 4 is 5.91 Å². The van der Waals surface area contributed by atoms with Crippen LogP contribution < -0.4 is 0 Å². The third kappa shape index (κ3) is 4.23. The van der Waals surface area contributed by atoms with Gasteiger partial charge in [-0.3, -0.25) is 14.7 Å². The van der Waals surface area contributed by atoms with Crippen LogP contribution in [0.15, 0.2) is 18.5 Å². The van der Waals surface area contributed by atoms with Crippen molar-refractivity contribution in [1.29, 1.82) is 0 Å². The summed E-state index contributed by atoms with van der Waals surface area (Å²) in [5, 5.41) is 20.4. The molecule has 1 atom stereocenters. The van der Waals surface area contributed by atoms with E-state index in [0.29, 0.717) is 51.3 Å². The SMILES string of the molecule is O=C(c1cncc(O)c1)N1CCC[C@](O)(CN2CCOCC2)CC1. The first-order valence-corrected chi connectivity index (χ1v) is 8.52. The summed E-state index contributed by atoms with van der Waals surface area (Å²) in [6.07, 6.45) is 4.78. The quantitative estimate of drug-likeness (QED) is 0.835. The van der Waals surface area contributed by atoms with Gasteiger partial charge in [-0.25, -0.2) is 0 Å². The van der Waals surface area contributed by atoms with Gasteiger partial charge in [0, 0.05) is 38.9 Å². The monoisotopic (exact) mass is 335 g/mol. The largest absolute Gasteiger partial charge is 0.506 e. The molecule has 0 aliphatic carbocycles. The average Bonchev–Trinajstić information content (AvgIpc) is 2.77. The standard InChI is InChI=1S/C17H25N3O4/c21-15-10-14(11-18-12-15)16(22)20-4-1-2-17(23,3-5-20)13-19-6-8-24-9-7-19/h10-12,21,23H,1-9,13H2/t17-/m1/s1. The van der Waals surface area contributed by atoms with E-state index in [9.17, 15) is 15.0 Å². The fourth-order valence-corrected chi connectivity index (χ4v) is 3.44. The van der Waals surface area contributed by atoms with E-state index in [1.165, 1.54) is 18.5 Å². The third-order valence-electron chi connectivity index (χ3n) is 4.80. The molecule has 1 amide bonds. The lowest BCUT2D eigenvalue weighted by atomic mass is 9.94. The predicted octanol–water partition coefficient (Wildman–Crippen LogP) is 0.477. The van der Waals surface area contributed by atoms with Crippen molar-refractivity contribution in [2.45, 2.75) is 24.9 Å².